The molecule has 1 aliphatic heterocycles. The lowest BCUT2D eigenvalue weighted by Gasteiger charge is -2.41. The van der Waals surface area contributed by atoms with Crippen LogP contribution in [-0.4, -0.2) is 35.0 Å². The first-order chi connectivity index (χ1) is 9.10. The molecule has 0 spiro atoms. The molecule has 0 aromatic heterocycles. The van der Waals surface area contributed by atoms with Crippen LogP contribution >= 0.6 is 11.8 Å². The summed E-state index contributed by atoms with van der Waals surface area (Å²) in [5.41, 5.74) is -0.163. The molecule has 0 aromatic rings. The Morgan fingerprint density at radius 2 is 1.95 bits per heavy atom. The summed E-state index contributed by atoms with van der Waals surface area (Å²) in [7, 11) is 0. The Morgan fingerprint density at radius 3 is 2.47 bits per heavy atom. The topological polar surface area (TPSA) is 66.4 Å². The van der Waals surface area contributed by atoms with E-state index in [0.717, 1.165) is 32.1 Å². The van der Waals surface area contributed by atoms with Crippen LogP contribution < -0.4 is 5.32 Å². The van der Waals surface area contributed by atoms with Crippen LogP contribution in [0.15, 0.2) is 0 Å². The molecule has 1 amide bonds. The summed E-state index contributed by atoms with van der Waals surface area (Å²) in [4.78, 5) is 22.8. The Labute approximate surface area is 118 Å². The van der Waals surface area contributed by atoms with E-state index in [-0.39, 0.29) is 17.7 Å². The van der Waals surface area contributed by atoms with Crippen LogP contribution in [0.25, 0.3) is 0 Å². The van der Waals surface area contributed by atoms with Crippen molar-refractivity contribution < 1.29 is 14.7 Å². The van der Waals surface area contributed by atoms with Crippen molar-refractivity contribution in [3.05, 3.63) is 0 Å². The number of amides is 1. The van der Waals surface area contributed by atoms with Crippen molar-refractivity contribution in [2.75, 3.05) is 18.1 Å². The molecule has 108 valence electrons. The number of carboxylic acid groups (broad SMARTS) is 1. The van der Waals surface area contributed by atoms with Gasteiger partial charge < -0.3 is 10.4 Å². The molecule has 4 nitrogen and oxygen atoms in total. The third kappa shape index (κ3) is 4.41. The Hall–Kier alpha value is -0.710. The van der Waals surface area contributed by atoms with Crippen molar-refractivity contribution in [1.29, 1.82) is 0 Å². The molecule has 0 aromatic carbocycles. The summed E-state index contributed by atoms with van der Waals surface area (Å²) < 4.78 is 0. The van der Waals surface area contributed by atoms with Crippen molar-refractivity contribution in [3.8, 4) is 0 Å². The second kappa shape index (κ2) is 6.64. The van der Waals surface area contributed by atoms with Crippen LogP contribution in [0, 0.1) is 11.3 Å². The highest BCUT2D eigenvalue weighted by Gasteiger charge is 2.39. The molecule has 2 rings (SSSR count). The molecule has 2 N–H and O–H groups in total. The van der Waals surface area contributed by atoms with Gasteiger partial charge in [0.15, 0.2) is 0 Å². The molecule has 5 heteroatoms. The van der Waals surface area contributed by atoms with Crippen LogP contribution in [0.5, 0.6) is 0 Å². The van der Waals surface area contributed by atoms with Gasteiger partial charge in [0.05, 0.1) is 6.42 Å². The number of hydrogen-bond donors (Lipinski definition) is 2. The third-order valence-electron chi connectivity index (χ3n) is 4.42. The zero-order valence-electron chi connectivity index (χ0n) is 11.3. The van der Waals surface area contributed by atoms with Gasteiger partial charge in [0, 0.05) is 13.0 Å². The predicted molar refractivity (Wildman–Crippen MR) is 76.2 cm³/mol. The fourth-order valence-electron chi connectivity index (χ4n) is 2.98. The maximum Gasteiger partial charge on any atom is 0.303 e. The number of carbonyl (C=O) groups is 2. The van der Waals surface area contributed by atoms with Crippen LogP contribution in [0.1, 0.15) is 44.9 Å². The normalized spacial score (nSPS) is 22.5. The van der Waals surface area contributed by atoms with Crippen molar-refractivity contribution in [2.45, 2.75) is 44.9 Å². The zero-order chi connectivity index (χ0) is 13.7. The van der Waals surface area contributed by atoms with E-state index < -0.39 is 5.97 Å². The van der Waals surface area contributed by atoms with Crippen molar-refractivity contribution >= 4 is 23.6 Å². The first-order valence-corrected chi connectivity index (χ1v) is 8.31. The highest BCUT2D eigenvalue weighted by molar-refractivity contribution is 7.99. The van der Waals surface area contributed by atoms with Gasteiger partial charge in [0.2, 0.25) is 5.91 Å². The molecule has 1 aliphatic carbocycles. The lowest BCUT2D eigenvalue weighted by atomic mass is 9.66. The molecular weight excluding hydrogens is 262 g/mol. The average molecular weight is 285 g/mol. The van der Waals surface area contributed by atoms with Gasteiger partial charge >= 0.3 is 5.97 Å². The van der Waals surface area contributed by atoms with Gasteiger partial charge in [-0.25, -0.2) is 0 Å². The van der Waals surface area contributed by atoms with E-state index in [0.29, 0.717) is 18.9 Å². The summed E-state index contributed by atoms with van der Waals surface area (Å²) in [6.45, 7) is 0.541. The van der Waals surface area contributed by atoms with Gasteiger partial charge in [0.1, 0.15) is 0 Å². The number of nitrogens with one attached hydrogen (secondary N) is 1. The molecular formula is C14H23NO3S. The van der Waals surface area contributed by atoms with E-state index in [1.807, 2.05) is 11.8 Å². The van der Waals surface area contributed by atoms with Crippen LogP contribution in [0.3, 0.4) is 0 Å². The number of thioether (sulfide) groups is 1. The molecule has 1 heterocycles. The predicted octanol–water partition coefficient (Wildman–Crippen LogP) is 2.28. The summed E-state index contributed by atoms with van der Waals surface area (Å²) in [6.07, 6.45) is 6.02. The van der Waals surface area contributed by atoms with E-state index in [1.54, 1.807) is 0 Å². The molecule has 1 saturated carbocycles. The average Bonchev–Trinajstić information content (AvgIpc) is 2.33. The van der Waals surface area contributed by atoms with Gasteiger partial charge in [-0.3, -0.25) is 9.59 Å². The quantitative estimate of drug-likeness (QED) is 0.785. The highest BCUT2D eigenvalue weighted by atomic mass is 32.2. The minimum Gasteiger partial charge on any atom is -0.481 e. The number of hydrogen-bond acceptors (Lipinski definition) is 3. The summed E-state index contributed by atoms with van der Waals surface area (Å²) in [6, 6.07) is 0. The molecule has 19 heavy (non-hydrogen) atoms. The van der Waals surface area contributed by atoms with Gasteiger partial charge in [-0.05, 0) is 48.5 Å². The maximum absolute atomic E-state index is 11.9. The van der Waals surface area contributed by atoms with Crippen molar-refractivity contribution in [1.82, 2.24) is 5.32 Å². The van der Waals surface area contributed by atoms with Crippen LogP contribution in [-0.2, 0) is 9.59 Å². The fraction of sp³-hybridized carbons (Fsp3) is 0.857. The summed E-state index contributed by atoms with van der Waals surface area (Å²) in [5, 5.41) is 11.9. The van der Waals surface area contributed by atoms with E-state index in [1.165, 1.54) is 11.5 Å². The Bertz CT molecular complexity index is 336. The fourth-order valence-corrected chi connectivity index (χ4v) is 4.19. The Kier molecular flexibility index (Phi) is 5.13. The zero-order valence-corrected chi connectivity index (χ0v) is 12.1. The number of carbonyl (C=O) groups excluding carboxylic acids is 1. The Morgan fingerprint density at radius 1 is 1.26 bits per heavy atom. The van der Waals surface area contributed by atoms with Gasteiger partial charge in [-0.1, -0.05) is 6.42 Å². The monoisotopic (exact) mass is 285 g/mol. The first kappa shape index (κ1) is 14.7. The molecule has 0 atom stereocenters. The molecule has 2 aliphatic rings. The molecule has 0 bridgehead atoms. The van der Waals surface area contributed by atoms with E-state index in [9.17, 15) is 9.59 Å². The Balaban J connectivity index is 1.71. The maximum atomic E-state index is 11.9. The second-order valence-corrected chi connectivity index (χ2v) is 7.19. The molecule has 0 unspecified atom stereocenters. The first-order valence-electron chi connectivity index (χ1n) is 7.16. The molecule has 1 saturated heterocycles. The number of rotatable bonds is 6. The number of carboxylic acids is 1. The summed E-state index contributed by atoms with van der Waals surface area (Å²) >= 11 is 1.97. The van der Waals surface area contributed by atoms with E-state index in [2.05, 4.69) is 5.32 Å². The number of aliphatic carboxylic acids is 1. The van der Waals surface area contributed by atoms with Crippen molar-refractivity contribution in [3.63, 3.8) is 0 Å². The molecule has 0 radical (unpaired) electrons. The van der Waals surface area contributed by atoms with Crippen molar-refractivity contribution in [2.24, 2.45) is 11.3 Å². The lowest BCUT2D eigenvalue weighted by Crippen LogP contribution is -2.43. The smallest absolute Gasteiger partial charge is 0.303 e. The van der Waals surface area contributed by atoms with Crippen LogP contribution in [0.4, 0.5) is 0 Å². The highest BCUT2D eigenvalue weighted by Crippen LogP contribution is 2.43. The third-order valence-corrected chi connectivity index (χ3v) is 5.46. The van der Waals surface area contributed by atoms with Gasteiger partial charge in [-0.15, -0.1) is 0 Å². The minimum atomic E-state index is -0.752. The standard InChI is InChI=1S/C14H23NO3S/c16-12(8-11-2-6-19-7-3-11)15-10-14(4-1-5-14)9-13(17)18/h11H,1-10H2,(H,15,16)(H,17,18). The SMILES string of the molecule is O=C(O)CC1(CNC(=O)CC2CCSCC2)CCC1. The van der Waals surface area contributed by atoms with E-state index >= 15 is 0 Å². The van der Waals surface area contributed by atoms with Crippen LogP contribution in [0.2, 0.25) is 0 Å². The minimum absolute atomic E-state index is 0.105. The van der Waals surface area contributed by atoms with E-state index in [4.69, 9.17) is 5.11 Å². The molecule has 2 fully saturated rings. The largest absolute Gasteiger partial charge is 0.481 e. The van der Waals surface area contributed by atoms with Gasteiger partial charge in [0.25, 0.3) is 0 Å². The lowest BCUT2D eigenvalue weighted by molar-refractivity contribution is -0.142. The second-order valence-electron chi connectivity index (χ2n) is 5.96. The summed E-state index contributed by atoms with van der Waals surface area (Å²) in [5.74, 6) is 2.21. The van der Waals surface area contributed by atoms with Gasteiger partial charge in [-0.2, -0.15) is 11.8 Å².